The highest BCUT2D eigenvalue weighted by atomic mass is 79.9. The van der Waals surface area contributed by atoms with Gasteiger partial charge in [-0.05, 0) is 41.9 Å². The van der Waals surface area contributed by atoms with Crippen LogP contribution < -0.4 is 5.32 Å². The summed E-state index contributed by atoms with van der Waals surface area (Å²) in [7, 11) is 0. The predicted molar refractivity (Wildman–Crippen MR) is 68.6 cm³/mol. The van der Waals surface area contributed by atoms with Gasteiger partial charge in [0, 0.05) is 18.0 Å². The lowest BCUT2D eigenvalue weighted by Crippen LogP contribution is -2.34. The van der Waals surface area contributed by atoms with Crippen molar-refractivity contribution in [1.82, 2.24) is 9.88 Å². The van der Waals surface area contributed by atoms with Crippen LogP contribution in [0.15, 0.2) is 9.98 Å². The third-order valence-corrected chi connectivity index (χ3v) is 4.38. The number of hydrogen-bond donors (Lipinski definition) is 1. The molecule has 0 bridgehead atoms. The molecule has 0 aromatic carbocycles. The molecule has 1 N–H and O–H groups in total. The Bertz CT molecular complexity index is 315. The minimum Gasteiger partial charge on any atom is -0.360 e. The fraction of sp³-hybridized carbons (Fsp3) is 0.700. The lowest BCUT2D eigenvalue weighted by Gasteiger charge is -2.22. The summed E-state index contributed by atoms with van der Waals surface area (Å²) >= 11 is 5.01. The third-order valence-electron chi connectivity index (χ3n) is 2.87. The van der Waals surface area contributed by atoms with Gasteiger partial charge in [0.05, 0.1) is 0 Å². The molecule has 1 saturated heterocycles. The highest BCUT2D eigenvalue weighted by molar-refractivity contribution is 9.10. The van der Waals surface area contributed by atoms with Gasteiger partial charge in [0.25, 0.3) is 0 Å². The smallest absolute Gasteiger partial charge is 0.183 e. The summed E-state index contributed by atoms with van der Waals surface area (Å²) < 4.78 is 0.925. The first kappa shape index (κ1) is 11.4. The second-order valence-corrected chi connectivity index (χ2v) is 5.45. The second-order valence-electron chi connectivity index (χ2n) is 3.78. The monoisotopic (exact) mass is 289 g/mol. The van der Waals surface area contributed by atoms with Crippen molar-refractivity contribution in [2.45, 2.75) is 25.8 Å². The normalized spacial score (nSPS) is 22.1. The number of hydrogen-bond acceptors (Lipinski definition) is 4. The van der Waals surface area contributed by atoms with Gasteiger partial charge in [-0.15, -0.1) is 11.3 Å². The maximum absolute atomic E-state index is 4.33. The highest BCUT2D eigenvalue weighted by Crippen LogP contribution is 2.21. The number of likely N-dealkylation sites (tertiary alicyclic amines) is 1. The van der Waals surface area contributed by atoms with Crippen LogP contribution in [-0.2, 0) is 0 Å². The van der Waals surface area contributed by atoms with Gasteiger partial charge in [0.1, 0.15) is 4.60 Å². The van der Waals surface area contributed by atoms with E-state index in [4.69, 9.17) is 0 Å². The lowest BCUT2D eigenvalue weighted by atomic mass is 10.2. The van der Waals surface area contributed by atoms with E-state index in [1.165, 1.54) is 19.4 Å². The van der Waals surface area contributed by atoms with Crippen LogP contribution in [0.5, 0.6) is 0 Å². The van der Waals surface area contributed by atoms with E-state index < -0.39 is 0 Å². The Balaban J connectivity index is 1.82. The quantitative estimate of drug-likeness (QED) is 0.924. The number of halogens is 1. The van der Waals surface area contributed by atoms with E-state index in [1.807, 2.05) is 5.38 Å². The summed E-state index contributed by atoms with van der Waals surface area (Å²) in [6.45, 7) is 5.67. The number of nitrogens with one attached hydrogen (secondary N) is 1. The van der Waals surface area contributed by atoms with E-state index in [-0.39, 0.29) is 0 Å². The molecule has 1 fully saturated rings. The zero-order valence-corrected chi connectivity index (χ0v) is 11.3. The van der Waals surface area contributed by atoms with Gasteiger partial charge in [0.15, 0.2) is 5.13 Å². The van der Waals surface area contributed by atoms with Crippen molar-refractivity contribution in [3.05, 3.63) is 9.98 Å². The minimum atomic E-state index is 0.692. The van der Waals surface area contributed by atoms with Gasteiger partial charge in [-0.1, -0.05) is 6.92 Å². The number of aromatic nitrogens is 1. The Kier molecular flexibility index (Phi) is 3.99. The Morgan fingerprint density at radius 3 is 3.27 bits per heavy atom. The predicted octanol–water partition coefficient (Wildman–Crippen LogP) is 2.80. The summed E-state index contributed by atoms with van der Waals surface area (Å²) in [5, 5.41) is 6.43. The molecule has 1 aliphatic rings. The van der Waals surface area contributed by atoms with E-state index in [1.54, 1.807) is 11.3 Å². The molecule has 2 heterocycles. The molecular weight excluding hydrogens is 274 g/mol. The van der Waals surface area contributed by atoms with Crippen molar-refractivity contribution in [1.29, 1.82) is 0 Å². The molecule has 2 rings (SSSR count). The van der Waals surface area contributed by atoms with Crippen molar-refractivity contribution < 1.29 is 0 Å². The molecule has 1 atom stereocenters. The van der Waals surface area contributed by atoms with E-state index in [0.717, 1.165) is 22.8 Å². The van der Waals surface area contributed by atoms with Gasteiger partial charge >= 0.3 is 0 Å². The van der Waals surface area contributed by atoms with Crippen LogP contribution >= 0.6 is 27.3 Å². The van der Waals surface area contributed by atoms with Crippen molar-refractivity contribution in [3.63, 3.8) is 0 Å². The number of nitrogens with zero attached hydrogens (tertiary/aromatic N) is 2. The molecule has 0 amide bonds. The Hall–Kier alpha value is -0.130. The average molecular weight is 290 g/mol. The van der Waals surface area contributed by atoms with Crippen LogP contribution in [-0.4, -0.2) is 35.6 Å². The fourth-order valence-electron chi connectivity index (χ4n) is 2.08. The molecule has 3 nitrogen and oxygen atoms in total. The van der Waals surface area contributed by atoms with E-state index in [2.05, 4.69) is 38.1 Å². The van der Waals surface area contributed by atoms with Crippen molar-refractivity contribution >= 4 is 32.4 Å². The number of anilines is 1. The Labute approximate surface area is 103 Å². The molecule has 15 heavy (non-hydrogen) atoms. The van der Waals surface area contributed by atoms with Gasteiger partial charge < -0.3 is 5.32 Å². The zero-order valence-electron chi connectivity index (χ0n) is 8.87. The van der Waals surface area contributed by atoms with Gasteiger partial charge in [0.2, 0.25) is 0 Å². The molecule has 0 radical (unpaired) electrons. The molecule has 0 saturated carbocycles. The topological polar surface area (TPSA) is 28.2 Å². The maximum Gasteiger partial charge on any atom is 0.183 e. The maximum atomic E-state index is 4.33. The van der Waals surface area contributed by atoms with Gasteiger partial charge in [-0.2, -0.15) is 0 Å². The summed E-state index contributed by atoms with van der Waals surface area (Å²) in [6, 6.07) is 0.692. The average Bonchev–Trinajstić information content (AvgIpc) is 2.83. The van der Waals surface area contributed by atoms with Gasteiger partial charge in [-0.25, -0.2) is 4.98 Å². The van der Waals surface area contributed by atoms with E-state index in [9.17, 15) is 0 Å². The molecule has 1 aromatic rings. The largest absolute Gasteiger partial charge is 0.360 e. The number of rotatable bonds is 4. The molecule has 0 spiro atoms. The molecule has 1 unspecified atom stereocenters. The fourth-order valence-corrected chi connectivity index (χ4v) is 3.24. The number of likely N-dealkylation sites (N-methyl/N-ethyl adjacent to an activating group) is 1. The first-order valence-corrected chi connectivity index (χ1v) is 7.06. The molecule has 0 aliphatic carbocycles. The van der Waals surface area contributed by atoms with Crippen LogP contribution in [0.2, 0.25) is 0 Å². The second kappa shape index (κ2) is 5.27. The number of thiazole rings is 1. The molecule has 1 aromatic heterocycles. The lowest BCUT2D eigenvalue weighted by molar-refractivity contribution is 0.277. The Morgan fingerprint density at radius 1 is 1.73 bits per heavy atom. The Morgan fingerprint density at radius 2 is 2.60 bits per heavy atom. The summed E-state index contributed by atoms with van der Waals surface area (Å²) in [4.78, 5) is 6.87. The first-order chi connectivity index (χ1) is 7.29. The molecule has 1 aliphatic heterocycles. The van der Waals surface area contributed by atoms with Gasteiger partial charge in [-0.3, -0.25) is 4.90 Å². The van der Waals surface area contributed by atoms with Crippen LogP contribution in [0.3, 0.4) is 0 Å². The zero-order chi connectivity index (χ0) is 10.7. The van der Waals surface area contributed by atoms with Crippen molar-refractivity contribution in [3.8, 4) is 0 Å². The molecule has 84 valence electrons. The van der Waals surface area contributed by atoms with Crippen LogP contribution in [0.25, 0.3) is 0 Å². The summed E-state index contributed by atoms with van der Waals surface area (Å²) in [5.41, 5.74) is 0. The van der Waals surface area contributed by atoms with Crippen LogP contribution in [0, 0.1) is 0 Å². The highest BCUT2D eigenvalue weighted by Gasteiger charge is 2.22. The van der Waals surface area contributed by atoms with Crippen LogP contribution in [0.1, 0.15) is 19.8 Å². The van der Waals surface area contributed by atoms with E-state index >= 15 is 0 Å². The summed E-state index contributed by atoms with van der Waals surface area (Å²) in [6.07, 6.45) is 2.65. The summed E-state index contributed by atoms with van der Waals surface area (Å²) in [5.74, 6) is 0. The van der Waals surface area contributed by atoms with Crippen molar-refractivity contribution in [2.75, 3.05) is 25.0 Å². The minimum absolute atomic E-state index is 0.692. The molecule has 5 heteroatoms. The van der Waals surface area contributed by atoms with Crippen molar-refractivity contribution in [2.24, 2.45) is 0 Å². The first-order valence-electron chi connectivity index (χ1n) is 5.38. The SMILES string of the molecule is CCN1CCCC1CNc1nc(Br)cs1. The van der Waals surface area contributed by atoms with Crippen LogP contribution in [0.4, 0.5) is 5.13 Å². The van der Waals surface area contributed by atoms with E-state index in [0.29, 0.717) is 6.04 Å². The standard InChI is InChI=1S/C10H16BrN3S/c1-2-14-5-3-4-8(14)6-12-10-13-9(11)7-15-10/h7-8H,2-6H2,1H3,(H,12,13). The third kappa shape index (κ3) is 2.92. The molecular formula is C10H16BrN3S.